The third-order valence-electron chi connectivity index (χ3n) is 3.38. The van der Waals surface area contributed by atoms with Crippen molar-refractivity contribution in [2.24, 2.45) is 0 Å². The summed E-state index contributed by atoms with van der Waals surface area (Å²) in [4.78, 5) is 3.74. The van der Waals surface area contributed by atoms with Gasteiger partial charge in [0.2, 0.25) is 0 Å². The molecule has 3 rings (SSSR count). The number of hydrogen-bond acceptors (Lipinski definition) is 3. The van der Waals surface area contributed by atoms with Gasteiger partial charge in [0.1, 0.15) is 0 Å². The van der Waals surface area contributed by atoms with E-state index in [9.17, 15) is 0 Å². The molecule has 2 nitrogen and oxygen atoms in total. The quantitative estimate of drug-likeness (QED) is 0.658. The Labute approximate surface area is 112 Å². The van der Waals surface area contributed by atoms with Crippen LogP contribution < -0.4 is 10.6 Å². The molecule has 92 valence electrons. The third kappa shape index (κ3) is 1.95. The number of hydrogen-bond donors (Lipinski definition) is 1. The van der Waals surface area contributed by atoms with Crippen LogP contribution in [0.25, 0.3) is 0 Å². The molecule has 3 heteroatoms. The minimum absolute atomic E-state index is 0.855. The number of thioether (sulfide) groups is 1. The molecule has 0 amide bonds. The highest BCUT2D eigenvalue weighted by atomic mass is 32.2. The summed E-state index contributed by atoms with van der Waals surface area (Å²) >= 11 is 1.80. The summed E-state index contributed by atoms with van der Waals surface area (Å²) in [5.41, 5.74) is 10.8. The van der Waals surface area contributed by atoms with Crippen LogP contribution in [-0.4, -0.2) is 6.26 Å². The number of rotatable bonds is 2. The van der Waals surface area contributed by atoms with Gasteiger partial charge in [-0.15, -0.1) is 11.8 Å². The molecule has 0 spiro atoms. The Morgan fingerprint density at radius 3 is 2.67 bits per heavy atom. The van der Waals surface area contributed by atoms with Crippen molar-refractivity contribution in [1.29, 1.82) is 0 Å². The Balaban J connectivity index is 1.93. The lowest BCUT2D eigenvalue weighted by atomic mass is 10.1. The number of nitrogens with zero attached hydrogens (tertiary/aromatic N) is 1. The molecule has 2 N–H and O–H groups in total. The van der Waals surface area contributed by atoms with E-state index in [0.29, 0.717) is 0 Å². The van der Waals surface area contributed by atoms with E-state index < -0.39 is 0 Å². The molecule has 1 heterocycles. The largest absolute Gasteiger partial charge is 0.399 e. The fourth-order valence-corrected chi connectivity index (χ4v) is 3.10. The van der Waals surface area contributed by atoms with Crippen LogP contribution in [-0.2, 0) is 13.1 Å². The predicted molar refractivity (Wildman–Crippen MR) is 79.0 cm³/mol. The molecule has 0 bridgehead atoms. The van der Waals surface area contributed by atoms with Gasteiger partial charge in [-0.2, -0.15) is 0 Å². The molecule has 0 unspecified atom stereocenters. The zero-order valence-electron chi connectivity index (χ0n) is 10.4. The van der Waals surface area contributed by atoms with Gasteiger partial charge < -0.3 is 10.6 Å². The first-order valence-corrected chi connectivity index (χ1v) is 7.25. The SMILES string of the molecule is CSc1ccccc1N1Cc2ccc(N)cc2C1. The van der Waals surface area contributed by atoms with Gasteiger partial charge in [0, 0.05) is 23.7 Å². The maximum absolute atomic E-state index is 5.85. The Morgan fingerprint density at radius 2 is 1.83 bits per heavy atom. The van der Waals surface area contributed by atoms with Crippen LogP contribution in [0.3, 0.4) is 0 Å². The van der Waals surface area contributed by atoms with Crippen LogP contribution in [0.1, 0.15) is 11.1 Å². The van der Waals surface area contributed by atoms with Crippen molar-refractivity contribution in [3.8, 4) is 0 Å². The average molecular weight is 256 g/mol. The molecule has 2 aromatic carbocycles. The monoisotopic (exact) mass is 256 g/mol. The van der Waals surface area contributed by atoms with Crippen molar-refractivity contribution < 1.29 is 0 Å². The minimum Gasteiger partial charge on any atom is -0.399 e. The van der Waals surface area contributed by atoms with E-state index in [-0.39, 0.29) is 0 Å². The molecule has 0 radical (unpaired) electrons. The molecule has 0 fully saturated rings. The number of anilines is 2. The number of nitrogen functional groups attached to an aromatic ring is 1. The van der Waals surface area contributed by atoms with Crippen molar-refractivity contribution in [2.45, 2.75) is 18.0 Å². The molecular weight excluding hydrogens is 240 g/mol. The smallest absolute Gasteiger partial charge is 0.0510 e. The van der Waals surface area contributed by atoms with Gasteiger partial charge in [0.05, 0.1) is 5.69 Å². The summed E-state index contributed by atoms with van der Waals surface area (Å²) in [7, 11) is 0. The zero-order chi connectivity index (χ0) is 12.5. The van der Waals surface area contributed by atoms with Gasteiger partial charge in [0.15, 0.2) is 0 Å². The lowest BCUT2D eigenvalue weighted by Gasteiger charge is -2.20. The first-order chi connectivity index (χ1) is 8.78. The lowest BCUT2D eigenvalue weighted by Crippen LogP contribution is -2.15. The van der Waals surface area contributed by atoms with Crippen LogP contribution in [0.5, 0.6) is 0 Å². The molecule has 0 aromatic heterocycles. The lowest BCUT2D eigenvalue weighted by molar-refractivity contribution is 0.868. The fourth-order valence-electron chi connectivity index (χ4n) is 2.48. The highest BCUT2D eigenvalue weighted by Crippen LogP contribution is 2.34. The minimum atomic E-state index is 0.855. The molecular formula is C15H16N2S. The molecule has 1 aliphatic heterocycles. The summed E-state index contributed by atoms with van der Waals surface area (Å²) in [6.45, 7) is 1.94. The standard InChI is InChI=1S/C15H16N2S/c1-18-15-5-3-2-4-14(15)17-9-11-6-7-13(16)8-12(11)10-17/h2-8H,9-10,16H2,1H3. The summed E-state index contributed by atoms with van der Waals surface area (Å²) in [6.07, 6.45) is 2.13. The third-order valence-corrected chi connectivity index (χ3v) is 4.16. The Hall–Kier alpha value is -1.61. The van der Waals surface area contributed by atoms with Crippen molar-refractivity contribution in [3.63, 3.8) is 0 Å². The van der Waals surface area contributed by atoms with E-state index in [0.717, 1.165) is 18.8 Å². The summed E-state index contributed by atoms with van der Waals surface area (Å²) < 4.78 is 0. The summed E-state index contributed by atoms with van der Waals surface area (Å²) in [5, 5.41) is 0. The van der Waals surface area contributed by atoms with Crippen molar-refractivity contribution in [1.82, 2.24) is 0 Å². The van der Waals surface area contributed by atoms with Crippen LogP contribution >= 0.6 is 11.8 Å². The molecule has 1 aliphatic rings. The molecule has 0 saturated heterocycles. The number of nitrogens with two attached hydrogens (primary N) is 1. The topological polar surface area (TPSA) is 29.3 Å². The highest BCUT2D eigenvalue weighted by molar-refractivity contribution is 7.98. The van der Waals surface area contributed by atoms with Gasteiger partial charge in [-0.3, -0.25) is 0 Å². The second kappa shape index (κ2) is 4.58. The van der Waals surface area contributed by atoms with Crippen molar-refractivity contribution in [3.05, 3.63) is 53.6 Å². The predicted octanol–water partition coefficient (Wildman–Crippen LogP) is 3.51. The Kier molecular flexibility index (Phi) is 2.92. The number of benzene rings is 2. The highest BCUT2D eigenvalue weighted by Gasteiger charge is 2.20. The van der Waals surface area contributed by atoms with Gasteiger partial charge in [-0.05, 0) is 41.6 Å². The van der Waals surface area contributed by atoms with E-state index in [2.05, 4.69) is 47.6 Å². The average Bonchev–Trinajstić information content (AvgIpc) is 2.81. The second-order valence-corrected chi connectivity index (χ2v) is 5.40. The zero-order valence-corrected chi connectivity index (χ0v) is 11.2. The second-order valence-electron chi connectivity index (χ2n) is 4.56. The molecule has 0 aliphatic carbocycles. The Bertz CT molecular complexity index is 580. The van der Waals surface area contributed by atoms with Crippen LogP contribution in [0.2, 0.25) is 0 Å². The van der Waals surface area contributed by atoms with E-state index in [1.54, 1.807) is 11.8 Å². The van der Waals surface area contributed by atoms with Gasteiger partial charge >= 0.3 is 0 Å². The molecule has 18 heavy (non-hydrogen) atoms. The van der Waals surface area contributed by atoms with Crippen molar-refractivity contribution >= 4 is 23.1 Å². The molecule has 2 aromatic rings. The van der Waals surface area contributed by atoms with E-state index in [1.165, 1.54) is 21.7 Å². The molecule has 0 saturated carbocycles. The van der Waals surface area contributed by atoms with E-state index >= 15 is 0 Å². The van der Waals surface area contributed by atoms with Gasteiger partial charge in [-0.1, -0.05) is 18.2 Å². The number of fused-ring (bicyclic) bond motifs is 1. The van der Waals surface area contributed by atoms with Crippen molar-refractivity contribution in [2.75, 3.05) is 16.9 Å². The van der Waals surface area contributed by atoms with Gasteiger partial charge in [-0.25, -0.2) is 0 Å². The fraction of sp³-hybridized carbons (Fsp3) is 0.200. The maximum atomic E-state index is 5.85. The maximum Gasteiger partial charge on any atom is 0.0510 e. The molecule has 0 atom stereocenters. The van der Waals surface area contributed by atoms with Crippen LogP contribution in [0, 0.1) is 0 Å². The summed E-state index contributed by atoms with van der Waals surface area (Å²) in [6, 6.07) is 14.8. The first kappa shape index (κ1) is 11.5. The Morgan fingerprint density at radius 1 is 1.06 bits per heavy atom. The van der Waals surface area contributed by atoms with Gasteiger partial charge in [0.25, 0.3) is 0 Å². The van der Waals surface area contributed by atoms with E-state index in [1.807, 2.05) is 6.07 Å². The van der Waals surface area contributed by atoms with Crippen LogP contribution in [0.15, 0.2) is 47.4 Å². The van der Waals surface area contributed by atoms with Crippen LogP contribution in [0.4, 0.5) is 11.4 Å². The first-order valence-electron chi connectivity index (χ1n) is 6.03. The number of para-hydroxylation sites is 1. The summed E-state index contributed by atoms with van der Waals surface area (Å²) in [5.74, 6) is 0. The normalized spacial score (nSPS) is 13.7. The van der Waals surface area contributed by atoms with E-state index in [4.69, 9.17) is 5.73 Å².